The number of ether oxygens (including phenoxy) is 3. The Balaban J connectivity index is 1.64. The quantitative estimate of drug-likeness (QED) is 0.110. The molecule has 0 aliphatic heterocycles. The van der Waals surface area contributed by atoms with Gasteiger partial charge in [-0.3, -0.25) is 14.4 Å². The highest BCUT2D eigenvalue weighted by Gasteiger charge is 2.31. The molecule has 0 fully saturated rings. The molecule has 4 aromatic carbocycles. The lowest BCUT2D eigenvalue weighted by atomic mass is 9.85. The summed E-state index contributed by atoms with van der Waals surface area (Å²) in [7, 11) is 2.70. The van der Waals surface area contributed by atoms with E-state index in [2.05, 4.69) is 5.32 Å². The van der Waals surface area contributed by atoms with Crippen LogP contribution in [0.15, 0.2) is 88.1 Å². The molecule has 46 heavy (non-hydrogen) atoms. The van der Waals surface area contributed by atoms with Gasteiger partial charge in [0, 0.05) is 41.3 Å². The molecule has 11 nitrogen and oxygen atoms in total. The molecule has 0 aliphatic carbocycles. The number of methoxy groups -OCH3 is 2. The number of benzene rings is 4. The van der Waals surface area contributed by atoms with E-state index in [0.717, 1.165) is 0 Å². The minimum Gasteiger partial charge on any atom is -0.504 e. The number of hydrogen-bond donors (Lipinski definition) is 4. The fourth-order valence-electron chi connectivity index (χ4n) is 5.20. The summed E-state index contributed by atoms with van der Waals surface area (Å²) in [4.78, 5) is 37.4. The lowest BCUT2D eigenvalue weighted by Crippen LogP contribution is -2.13. The van der Waals surface area contributed by atoms with Crippen molar-refractivity contribution < 1.29 is 43.5 Å². The first-order chi connectivity index (χ1) is 22.1. The predicted molar refractivity (Wildman–Crippen MR) is 169 cm³/mol. The zero-order valence-corrected chi connectivity index (χ0v) is 25.2. The Hall–Kier alpha value is -5.97. The standard InChI is InChI=1S/C35H31NO10/c1-19(37)36-23-10-12-24(13-11-23)45-18-22-15-21(9-14-27(22)43-2)25(16-29(39)44-3)30-32(40)34(42)33(41)31-26(38)17-28(46-35(30)31)20-7-5-4-6-8-20/h4-15,17,25,40-42H,16,18H2,1-3H3,(H,36,37)/t25-/m1/s1. The van der Waals surface area contributed by atoms with E-state index in [0.29, 0.717) is 33.9 Å². The lowest BCUT2D eigenvalue weighted by molar-refractivity contribution is -0.140. The van der Waals surface area contributed by atoms with Gasteiger partial charge in [0.2, 0.25) is 11.7 Å². The van der Waals surface area contributed by atoms with Gasteiger partial charge in [0.15, 0.2) is 16.9 Å². The first-order valence-electron chi connectivity index (χ1n) is 14.1. The van der Waals surface area contributed by atoms with Gasteiger partial charge in [-0.25, -0.2) is 0 Å². The molecule has 0 radical (unpaired) electrons. The molecule has 0 saturated carbocycles. The second-order valence-electron chi connectivity index (χ2n) is 10.4. The van der Waals surface area contributed by atoms with Crippen LogP contribution in [-0.2, 0) is 20.9 Å². The average molecular weight is 626 g/mol. The van der Waals surface area contributed by atoms with E-state index in [1.54, 1.807) is 72.8 Å². The summed E-state index contributed by atoms with van der Waals surface area (Å²) in [6.07, 6.45) is -0.333. The Kier molecular flexibility index (Phi) is 9.13. The maximum Gasteiger partial charge on any atom is 0.306 e. The van der Waals surface area contributed by atoms with Gasteiger partial charge in [0.25, 0.3) is 0 Å². The van der Waals surface area contributed by atoms with Gasteiger partial charge in [0.05, 0.1) is 20.6 Å². The van der Waals surface area contributed by atoms with Gasteiger partial charge >= 0.3 is 5.97 Å². The molecule has 0 bridgehead atoms. The van der Waals surface area contributed by atoms with Gasteiger partial charge in [-0.1, -0.05) is 36.4 Å². The Morgan fingerprint density at radius 1 is 0.891 bits per heavy atom. The SMILES string of the molecule is COC(=O)C[C@H](c1ccc(OC)c(COc2ccc(NC(C)=O)cc2)c1)c1c(O)c(O)c(O)c2c(=O)cc(-c3ccccc3)oc12. The summed E-state index contributed by atoms with van der Waals surface area (Å²) >= 11 is 0. The number of amides is 1. The molecule has 11 heteroatoms. The van der Waals surface area contributed by atoms with Crippen LogP contribution >= 0.6 is 0 Å². The van der Waals surface area contributed by atoms with Gasteiger partial charge in [-0.05, 0) is 42.0 Å². The van der Waals surface area contributed by atoms with Gasteiger partial charge in [-0.15, -0.1) is 0 Å². The van der Waals surface area contributed by atoms with E-state index in [1.165, 1.54) is 27.2 Å². The first-order valence-corrected chi connectivity index (χ1v) is 14.1. The van der Waals surface area contributed by atoms with Crippen LogP contribution in [0, 0.1) is 0 Å². The van der Waals surface area contributed by atoms with E-state index in [4.69, 9.17) is 18.6 Å². The largest absolute Gasteiger partial charge is 0.504 e. The number of aromatic hydroxyl groups is 3. The molecule has 4 N–H and O–H groups in total. The summed E-state index contributed by atoms with van der Waals surface area (Å²) in [5.41, 5.74) is 1.21. The number of nitrogens with one attached hydrogen (secondary N) is 1. The topological polar surface area (TPSA) is 165 Å². The van der Waals surface area contributed by atoms with Crippen molar-refractivity contribution in [1.82, 2.24) is 0 Å². The smallest absolute Gasteiger partial charge is 0.306 e. The Bertz CT molecular complexity index is 1970. The van der Waals surface area contributed by atoms with Crippen LogP contribution in [0.3, 0.4) is 0 Å². The van der Waals surface area contributed by atoms with Crippen LogP contribution < -0.4 is 20.2 Å². The number of anilines is 1. The zero-order valence-electron chi connectivity index (χ0n) is 25.2. The maximum atomic E-state index is 13.3. The number of phenolic OH excluding ortho intramolecular Hbond substituents is 3. The van der Waals surface area contributed by atoms with Gasteiger partial charge < -0.3 is 39.3 Å². The van der Waals surface area contributed by atoms with Crippen molar-refractivity contribution in [3.05, 3.63) is 106 Å². The molecule has 5 aromatic rings. The molecule has 1 amide bonds. The van der Waals surface area contributed by atoms with E-state index in [-0.39, 0.29) is 41.2 Å². The van der Waals surface area contributed by atoms with Crippen molar-refractivity contribution in [2.24, 2.45) is 0 Å². The molecule has 0 spiro atoms. The fourth-order valence-corrected chi connectivity index (χ4v) is 5.20. The van der Waals surface area contributed by atoms with E-state index in [1.807, 2.05) is 0 Å². The minimum absolute atomic E-state index is 0.0300. The predicted octanol–water partition coefficient (Wildman–Crippen LogP) is 5.82. The van der Waals surface area contributed by atoms with Crippen LogP contribution in [0.2, 0.25) is 0 Å². The van der Waals surface area contributed by atoms with Gasteiger partial charge in [0.1, 0.15) is 34.8 Å². The zero-order chi connectivity index (χ0) is 33.0. The molecule has 5 rings (SSSR count). The molecule has 0 aliphatic rings. The summed E-state index contributed by atoms with van der Waals surface area (Å²) in [6.45, 7) is 1.44. The van der Waals surface area contributed by atoms with Crippen LogP contribution in [0.4, 0.5) is 5.69 Å². The highest BCUT2D eigenvalue weighted by molar-refractivity contribution is 5.94. The third-order valence-corrected chi connectivity index (χ3v) is 7.41. The van der Waals surface area contributed by atoms with Crippen molar-refractivity contribution in [2.45, 2.75) is 25.9 Å². The second-order valence-corrected chi connectivity index (χ2v) is 10.4. The Morgan fingerprint density at radius 3 is 2.26 bits per heavy atom. The summed E-state index contributed by atoms with van der Waals surface area (Å²) in [5.74, 6) is -3.31. The third kappa shape index (κ3) is 6.43. The molecular formula is C35H31NO10. The summed E-state index contributed by atoms with van der Waals surface area (Å²) < 4.78 is 22.6. The molecule has 0 saturated heterocycles. The molecule has 236 valence electrons. The van der Waals surface area contributed by atoms with Crippen molar-refractivity contribution in [1.29, 1.82) is 0 Å². The molecule has 0 unspecified atom stereocenters. The minimum atomic E-state index is -1.03. The lowest BCUT2D eigenvalue weighted by Gasteiger charge is -2.22. The number of carbonyl (C=O) groups is 2. The van der Waals surface area contributed by atoms with E-state index < -0.39 is 34.6 Å². The van der Waals surface area contributed by atoms with Crippen molar-refractivity contribution >= 4 is 28.5 Å². The number of rotatable bonds is 10. The maximum absolute atomic E-state index is 13.3. The van der Waals surface area contributed by atoms with Crippen LogP contribution in [0.1, 0.15) is 36.0 Å². The normalized spacial score (nSPS) is 11.5. The molecule has 1 atom stereocenters. The highest BCUT2D eigenvalue weighted by Crippen LogP contribution is 2.49. The summed E-state index contributed by atoms with van der Waals surface area (Å²) in [6, 6.07) is 21.7. The van der Waals surface area contributed by atoms with Crippen LogP contribution in [0.5, 0.6) is 28.7 Å². The highest BCUT2D eigenvalue weighted by atomic mass is 16.5. The molecular weight excluding hydrogens is 594 g/mol. The van der Waals surface area contributed by atoms with Crippen molar-refractivity contribution in [2.75, 3.05) is 19.5 Å². The number of hydrogen-bond acceptors (Lipinski definition) is 10. The number of esters is 1. The third-order valence-electron chi connectivity index (χ3n) is 7.41. The van der Waals surface area contributed by atoms with E-state index >= 15 is 0 Å². The van der Waals surface area contributed by atoms with Gasteiger partial charge in [-0.2, -0.15) is 0 Å². The van der Waals surface area contributed by atoms with Crippen LogP contribution in [0.25, 0.3) is 22.3 Å². The monoisotopic (exact) mass is 625 g/mol. The van der Waals surface area contributed by atoms with E-state index in [9.17, 15) is 29.7 Å². The molecule has 1 heterocycles. The second kappa shape index (κ2) is 13.3. The average Bonchev–Trinajstić information content (AvgIpc) is 3.06. The Labute approximate surface area is 263 Å². The molecule has 1 aromatic heterocycles. The number of fused-ring (bicyclic) bond motifs is 1. The van der Waals surface area contributed by atoms with Crippen molar-refractivity contribution in [3.63, 3.8) is 0 Å². The summed E-state index contributed by atoms with van der Waals surface area (Å²) in [5, 5.41) is 35.0. The first kappa shape index (κ1) is 31.5. The Morgan fingerprint density at radius 2 is 1.61 bits per heavy atom. The van der Waals surface area contributed by atoms with Crippen molar-refractivity contribution in [3.8, 4) is 40.1 Å². The van der Waals surface area contributed by atoms with Crippen LogP contribution in [-0.4, -0.2) is 41.4 Å². The number of phenols is 3. The number of carbonyl (C=O) groups excluding carboxylic acids is 2. The fraction of sp³-hybridized carbons (Fsp3) is 0.171.